The van der Waals surface area contributed by atoms with Gasteiger partial charge in [-0.25, -0.2) is 0 Å². The number of aliphatic carboxylic acids is 1. The summed E-state index contributed by atoms with van der Waals surface area (Å²) in [5, 5.41) is 8.62. The number of carboxylic acids is 1. The van der Waals surface area contributed by atoms with Crippen LogP contribution in [-0.2, 0) is 22.6 Å². The molecule has 4 nitrogen and oxygen atoms in total. The van der Waals surface area contributed by atoms with Gasteiger partial charge < -0.3 is 10.0 Å². The van der Waals surface area contributed by atoms with Gasteiger partial charge in [0.2, 0.25) is 5.91 Å². The van der Waals surface area contributed by atoms with Crippen LogP contribution >= 0.6 is 0 Å². The first-order valence-corrected chi connectivity index (χ1v) is 7.70. The SMILES string of the molecule is CCC1Cc2ccccc2CN1C(=O)CCCCC(=O)O. The van der Waals surface area contributed by atoms with Crippen molar-refractivity contribution in [3.63, 3.8) is 0 Å². The Morgan fingerprint density at radius 2 is 1.86 bits per heavy atom. The van der Waals surface area contributed by atoms with Crippen LogP contribution < -0.4 is 0 Å². The number of unbranched alkanes of at least 4 members (excludes halogenated alkanes) is 1. The van der Waals surface area contributed by atoms with Crippen LogP contribution in [0.2, 0.25) is 0 Å². The summed E-state index contributed by atoms with van der Waals surface area (Å²) >= 11 is 0. The number of fused-ring (bicyclic) bond motifs is 1. The van der Waals surface area contributed by atoms with Gasteiger partial charge in [-0.3, -0.25) is 9.59 Å². The highest BCUT2D eigenvalue weighted by Crippen LogP contribution is 2.25. The highest BCUT2D eigenvalue weighted by Gasteiger charge is 2.27. The van der Waals surface area contributed by atoms with Crippen molar-refractivity contribution in [2.45, 2.75) is 58.0 Å². The quantitative estimate of drug-likeness (QED) is 0.819. The van der Waals surface area contributed by atoms with Crippen LogP contribution in [0.5, 0.6) is 0 Å². The van der Waals surface area contributed by atoms with Gasteiger partial charge in [0.25, 0.3) is 0 Å². The number of amides is 1. The minimum absolute atomic E-state index is 0.146. The molecule has 1 aromatic rings. The number of carbonyl (C=O) groups is 2. The van der Waals surface area contributed by atoms with E-state index in [0.29, 0.717) is 25.8 Å². The van der Waals surface area contributed by atoms with E-state index >= 15 is 0 Å². The number of hydrogen-bond acceptors (Lipinski definition) is 2. The number of benzene rings is 1. The van der Waals surface area contributed by atoms with E-state index in [1.54, 1.807) is 0 Å². The molecule has 1 aliphatic rings. The molecule has 0 saturated heterocycles. The molecule has 0 aromatic heterocycles. The van der Waals surface area contributed by atoms with Crippen molar-refractivity contribution in [3.05, 3.63) is 35.4 Å². The molecule has 1 unspecified atom stereocenters. The Morgan fingerprint density at radius 1 is 1.19 bits per heavy atom. The van der Waals surface area contributed by atoms with Crippen molar-refractivity contribution in [2.75, 3.05) is 0 Å². The predicted molar refractivity (Wildman–Crippen MR) is 80.9 cm³/mol. The normalized spacial score (nSPS) is 17.4. The van der Waals surface area contributed by atoms with Crippen LogP contribution in [0.1, 0.15) is 50.2 Å². The Morgan fingerprint density at radius 3 is 2.52 bits per heavy atom. The summed E-state index contributed by atoms with van der Waals surface area (Å²) in [5.74, 6) is -0.637. The molecule has 0 bridgehead atoms. The average Bonchev–Trinajstić information content (AvgIpc) is 2.49. The van der Waals surface area contributed by atoms with Crippen molar-refractivity contribution < 1.29 is 14.7 Å². The summed E-state index contributed by atoms with van der Waals surface area (Å²) in [7, 11) is 0. The summed E-state index contributed by atoms with van der Waals surface area (Å²) in [6.07, 6.45) is 3.70. The van der Waals surface area contributed by atoms with E-state index in [0.717, 1.165) is 12.8 Å². The van der Waals surface area contributed by atoms with E-state index in [4.69, 9.17) is 5.11 Å². The summed E-state index contributed by atoms with van der Waals surface area (Å²) < 4.78 is 0. The number of rotatable bonds is 6. The van der Waals surface area contributed by atoms with Crippen LogP contribution in [0.4, 0.5) is 0 Å². The van der Waals surface area contributed by atoms with Crippen LogP contribution in [0, 0.1) is 0 Å². The molecule has 2 rings (SSSR count). The fourth-order valence-electron chi connectivity index (χ4n) is 2.94. The molecule has 0 spiro atoms. The van der Waals surface area contributed by atoms with Gasteiger partial charge in [-0.1, -0.05) is 31.2 Å². The zero-order chi connectivity index (χ0) is 15.2. The van der Waals surface area contributed by atoms with Crippen molar-refractivity contribution in [3.8, 4) is 0 Å². The predicted octanol–water partition coefficient (Wildman–Crippen LogP) is 2.99. The molecule has 0 saturated carbocycles. The van der Waals surface area contributed by atoms with Gasteiger partial charge in [0.1, 0.15) is 0 Å². The maximum Gasteiger partial charge on any atom is 0.303 e. The van der Waals surface area contributed by atoms with Gasteiger partial charge in [0.05, 0.1) is 0 Å². The van der Waals surface area contributed by atoms with E-state index in [1.807, 2.05) is 11.0 Å². The Kier molecular flexibility index (Phi) is 5.37. The molecule has 1 atom stereocenters. The lowest BCUT2D eigenvalue weighted by Gasteiger charge is -2.36. The zero-order valence-corrected chi connectivity index (χ0v) is 12.5. The Balaban J connectivity index is 1.95. The van der Waals surface area contributed by atoms with E-state index in [9.17, 15) is 9.59 Å². The van der Waals surface area contributed by atoms with Gasteiger partial charge in [-0.15, -0.1) is 0 Å². The highest BCUT2D eigenvalue weighted by atomic mass is 16.4. The van der Waals surface area contributed by atoms with E-state index in [2.05, 4.69) is 25.1 Å². The van der Waals surface area contributed by atoms with Gasteiger partial charge in [-0.2, -0.15) is 0 Å². The second-order valence-corrected chi connectivity index (χ2v) is 5.66. The fraction of sp³-hybridized carbons (Fsp3) is 0.529. The second-order valence-electron chi connectivity index (χ2n) is 5.66. The minimum Gasteiger partial charge on any atom is -0.481 e. The summed E-state index contributed by atoms with van der Waals surface area (Å²) in [5.41, 5.74) is 2.58. The lowest BCUT2D eigenvalue weighted by Crippen LogP contribution is -2.43. The Hall–Kier alpha value is -1.84. The minimum atomic E-state index is -0.791. The van der Waals surface area contributed by atoms with Gasteiger partial charge >= 0.3 is 5.97 Å². The van der Waals surface area contributed by atoms with Crippen LogP contribution in [0.3, 0.4) is 0 Å². The maximum atomic E-state index is 12.4. The molecule has 0 aliphatic carbocycles. The van der Waals surface area contributed by atoms with Gasteiger partial charge in [0, 0.05) is 25.4 Å². The van der Waals surface area contributed by atoms with E-state index in [1.165, 1.54) is 11.1 Å². The van der Waals surface area contributed by atoms with Crippen LogP contribution in [0.25, 0.3) is 0 Å². The molecule has 114 valence electrons. The van der Waals surface area contributed by atoms with Crippen molar-refractivity contribution >= 4 is 11.9 Å². The first-order chi connectivity index (χ1) is 10.1. The summed E-state index contributed by atoms with van der Waals surface area (Å²) in [6, 6.07) is 8.57. The van der Waals surface area contributed by atoms with E-state index in [-0.39, 0.29) is 18.4 Å². The third-order valence-corrected chi connectivity index (χ3v) is 4.18. The number of hydrogen-bond donors (Lipinski definition) is 1. The molecule has 1 aromatic carbocycles. The standard InChI is InChI=1S/C17H23NO3/c1-2-15-11-13-7-3-4-8-14(13)12-18(15)16(19)9-5-6-10-17(20)21/h3-4,7-8,15H,2,5-6,9-12H2,1H3,(H,20,21). The van der Waals surface area contributed by atoms with Crippen LogP contribution in [-0.4, -0.2) is 27.9 Å². The largest absolute Gasteiger partial charge is 0.481 e. The number of carboxylic acid groups (broad SMARTS) is 1. The molecular formula is C17H23NO3. The van der Waals surface area contributed by atoms with Crippen LogP contribution in [0.15, 0.2) is 24.3 Å². The topological polar surface area (TPSA) is 57.6 Å². The second kappa shape index (κ2) is 7.25. The first kappa shape index (κ1) is 15.5. The third kappa shape index (κ3) is 4.06. The molecule has 0 radical (unpaired) electrons. The molecule has 1 N–H and O–H groups in total. The lowest BCUT2D eigenvalue weighted by atomic mass is 9.92. The van der Waals surface area contributed by atoms with E-state index < -0.39 is 5.97 Å². The number of carbonyl (C=O) groups excluding carboxylic acids is 1. The maximum absolute atomic E-state index is 12.4. The fourth-order valence-corrected chi connectivity index (χ4v) is 2.94. The van der Waals surface area contributed by atoms with Gasteiger partial charge in [0.15, 0.2) is 0 Å². The monoisotopic (exact) mass is 289 g/mol. The molecule has 0 fully saturated rings. The van der Waals surface area contributed by atoms with Crippen molar-refractivity contribution in [1.29, 1.82) is 0 Å². The molecule has 1 aliphatic heterocycles. The van der Waals surface area contributed by atoms with Gasteiger partial charge in [-0.05, 0) is 36.8 Å². The lowest BCUT2D eigenvalue weighted by molar-refractivity contribution is -0.138. The molecule has 4 heteroatoms. The molecule has 1 heterocycles. The van der Waals surface area contributed by atoms with Crippen molar-refractivity contribution in [1.82, 2.24) is 4.90 Å². The first-order valence-electron chi connectivity index (χ1n) is 7.70. The zero-order valence-electron chi connectivity index (χ0n) is 12.5. The van der Waals surface area contributed by atoms with Crippen molar-refractivity contribution in [2.24, 2.45) is 0 Å². The highest BCUT2D eigenvalue weighted by molar-refractivity contribution is 5.77. The summed E-state index contributed by atoms with van der Waals surface area (Å²) in [6.45, 7) is 2.80. The number of nitrogens with zero attached hydrogens (tertiary/aromatic N) is 1. The smallest absolute Gasteiger partial charge is 0.303 e. The summed E-state index contributed by atoms with van der Waals surface area (Å²) in [4.78, 5) is 24.9. The molecule has 21 heavy (non-hydrogen) atoms. The Bertz CT molecular complexity index is 513. The average molecular weight is 289 g/mol. The third-order valence-electron chi connectivity index (χ3n) is 4.18. The molecule has 1 amide bonds. The Labute approximate surface area is 125 Å². The molecular weight excluding hydrogens is 266 g/mol.